The lowest BCUT2D eigenvalue weighted by Crippen LogP contribution is -2.43. The van der Waals surface area contributed by atoms with Crippen LogP contribution in [-0.2, 0) is 4.79 Å². The Balaban J connectivity index is 1.65. The van der Waals surface area contributed by atoms with Crippen molar-refractivity contribution >= 4 is 40.8 Å². The van der Waals surface area contributed by atoms with Gasteiger partial charge in [0.15, 0.2) is 9.96 Å². The fourth-order valence-corrected chi connectivity index (χ4v) is 7.30. The first-order chi connectivity index (χ1) is 21.6. The normalized spacial score (nSPS) is 14.6. The molecule has 1 aliphatic rings. The highest BCUT2D eigenvalue weighted by molar-refractivity contribution is 7.99. The van der Waals surface area contributed by atoms with Crippen LogP contribution in [0.25, 0.3) is 6.08 Å². The van der Waals surface area contributed by atoms with E-state index in [0.29, 0.717) is 60.6 Å². The molecule has 0 fully saturated rings. The maximum Gasteiger partial charge on any atom is 0.283 e. The first-order valence-electron chi connectivity index (χ1n) is 14.3. The third-order valence-electron chi connectivity index (χ3n) is 7.38. The van der Waals surface area contributed by atoms with E-state index in [-0.39, 0.29) is 17.2 Å². The average Bonchev–Trinajstić information content (AvgIpc) is 3.30. The number of nitrogens with zero attached hydrogens (tertiary/aromatic N) is 6. The molecular formula is C32H32N6O5S2. The topological polar surface area (TPSA) is 133 Å². The molecule has 13 heteroatoms. The number of hydrogen-bond acceptors (Lipinski definition) is 10. The third kappa shape index (κ3) is 6.31. The van der Waals surface area contributed by atoms with Gasteiger partial charge in [-0.25, -0.2) is 15.0 Å². The second-order valence-corrected chi connectivity index (χ2v) is 12.3. The van der Waals surface area contributed by atoms with E-state index >= 15 is 0 Å². The van der Waals surface area contributed by atoms with Gasteiger partial charge in [-0.15, -0.1) is 0 Å². The molecule has 1 aliphatic heterocycles. The predicted molar refractivity (Wildman–Crippen MR) is 173 cm³/mol. The Morgan fingerprint density at radius 3 is 2.44 bits per heavy atom. The van der Waals surface area contributed by atoms with Gasteiger partial charge >= 0.3 is 0 Å². The highest BCUT2D eigenvalue weighted by atomic mass is 32.2. The average molecular weight is 645 g/mol. The molecule has 1 amide bonds. The molecule has 5 rings (SSSR count). The number of nitro benzene ring substituents is 1. The number of allylic oxidation sites excluding steroid dienone is 1. The van der Waals surface area contributed by atoms with Gasteiger partial charge in [0, 0.05) is 36.1 Å². The molecule has 1 atom stereocenters. The van der Waals surface area contributed by atoms with E-state index < -0.39 is 11.0 Å². The van der Waals surface area contributed by atoms with Crippen molar-refractivity contribution in [1.82, 2.24) is 19.4 Å². The standard InChI is InChI=1S/C32H32N6O5S2/c1-7-36(8-2)30(40)27-20(5)35-32-37(28(27)22-11-9-10-12-24(22)43-6)29(39)26(45-32)17-21-13-14-25(23(16-21)38(41)42)44-31-33-18(3)15-19(4)34-31/h9-17,28H,7-8H2,1-6H3/b26-17-/t28-/m1/s1. The van der Waals surface area contributed by atoms with Crippen LogP contribution in [0.15, 0.2) is 79.6 Å². The second kappa shape index (κ2) is 13.2. The summed E-state index contributed by atoms with van der Waals surface area (Å²) in [6, 6.07) is 13.1. The molecule has 2 aromatic carbocycles. The summed E-state index contributed by atoms with van der Waals surface area (Å²) in [6.45, 7) is 10.3. The molecule has 0 saturated carbocycles. The summed E-state index contributed by atoms with van der Waals surface area (Å²) < 4.78 is 7.51. The Hall–Kier alpha value is -4.62. The van der Waals surface area contributed by atoms with E-state index in [2.05, 4.69) is 9.97 Å². The van der Waals surface area contributed by atoms with Gasteiger partial charge < -0.3 is 9.64 Å². The number of amides is 1. The molecule has 11 nitrogen and oxygen atoms in total. The van der Waals surface area contributed by atoms with E-state index in [4.69, 9.17) is 9.73 Å². The minimum atomic E-state index is -0.779. The quantitative estimate of drug-likeness (QED) is 0.147. The van der Waals surface area contributed by atoms with Gasteiger partial charge in [0.25, 0.3) is 17.2 Å². The van der Waals surface area contributed by atoms with E-state index in [0.717, 1.165) is 34.5 Å². The SMILES string of the molecule is CCN(CC)C(=O)C1=C(C)N=c2s/c(=C\c3ccc(Sc4nc(C)cc(C)n4)c([N+](=O)[O-])c3)c(=O)n2[C@@H]1c1ccccc1OC. The van der Waals surface area contributed by atoms with Crippen LogP contribution in [0.4, 0.5) is 5.69 Å². The molecule has 232 valence electrons. The fourth-order valence-electron chi connectivity index (χ4n) is 5.30. The minimum Gasteiger partial charge on any atom is -0.496 e. The van der Waals surface area contributed by atoms with Crippen molar-refractivity contribution in [3.8, 4) is 5.75 Å². The van der Waals surface area contributed by atoms with Gasteiger partial charge in [-0.05, 0) is 76.2 Å². The highest BCUT2D eigenvalue weighted by Crippen LogP contribution is 2.36. The maximum absolute atomic E-state index is 14.1. The number of methoxy groups -OCH3 is 1. The lowest BCUT2D eigenvalue weighted by molar-refractivity contribution is -0.387. The summed E-state index contributed by atoms with van der Waals surface area (Å²) >= 11 is 2.28. The molecule has 2 aromatic heterocycles. The van der Waals surface area contributed by atoms with Crippen molar-refractivity contribution in [2.75, 3.05) is 20.2 Å². The number of ether oxygens (including phenoxy) is 1. The van der Waals surface area contributed by atoms with Crippen LogP contribution < -0.4 is 19.6 Å². The largest absolute Gasteiger partial charge is 0.496 e. The number of nitro groups is 1. The monoisotopic (exact) mass is 644 g/mol. The van der Waals surface area contributed by atoms with Gasteiger partial charge in [-0.1, -0.05) is 35.6 Å². The van der Waals surface area contributed by atoms with Crippen molar-refractivity contribution in [1.29, 1.82) is 0 Å². The first-order valence-corrected chi connectivity index (χ1v) is 15.9. The van der Waals surface area contributed by atoms with Crippen LogP contribution in [0, 0.1) is 24.0 Å². The molecule has 0 bridgehead atoms. The van der Waals surface area contributed by atoms with Gasteiger partial charge in [0.05, 0.1) is 32.7 Å². The van der Waals surface area contributed by atoms with Crippen molar-refractivity contribution < 1.29 is 14.5 Å². The molecule has 0 N–H and O–H groups in total. The summed E-state index contributed by atoms with van der Waals surface area (Å²) in [5, 5.41) is 12.5. The first kappa shape index (κ1) is 31.8. The molecule has 0 radical (unpaired) electrons. The summed E-state index contributed by atoms with van der Waals surface area (Å²) in [7, 11) is 1.55. The number of carbonyl (C=O) groups is 1. The zero-order valence-corrected chi connectivity index (χ0v) is 27.4. The van der Waals surface area contributed by atoms with Crippen LogP contribution in [0.5, 0.6) is 5.75 Å². The molecule has 0 spiro atoms. The lowest BCUT2D eigenvalue weighted by atomic mass is 9.94. The van der Waals surface area contributed by atoms with Crippen LogP contribution in [0.2, 0.25) is 0 Å². The van der Waals surface area contributed by atoms with E-state index in [1.807, 2.05) is 52.0 Å². The number of aryl methyl sites for hydroxylation is 2. The summed E-state index contributed by atoms with van der Waals surface area (Å²) in [5.41, 5.74) is 3.08. The Kier molecular flexibility index (Phi) is 9.30. The molecule has 0 aliphatic carbocycles. The number of thiazole rings is 1. The van der Waals surface area contributed by atoms with Crippen LogP contribution in [-0.4, -0.2) is 50.5 Å². The van der Waals surface area contributed by atoms with E-state index in [1.54, 1.807) is 43.2 Å². The van der Waals surface area contributed by atoms with Gasteiger partial charge in [-0.2, -0.15) is 0 Å². The number of rotatable bonds is 9. The number of aromatic nitrogens is 3. The Morgan fingerprint density at radius 2 is 1.80 bits per heavy atom. The van der Waals surface area contributed by atoms with E-state index in [9.17, 15) is 19.7 Å². The zero-order valence-electron chi connectivity index (χ0n) is 25.7. The molecule has 45 heavy (non-hydrogen) atoms. The predicted octanol–water partition coefficient (Wildman–Crippen LogP) is 4.58. The Bertz CT molecular complexity index is 2010. The number of carbonyl (C=O) groups excluding carboxylic acids is 1. The highest BCUT2D eigenvalue weighted by Gasteiger charge is 2.35. The minimum absolute atomic E-state index is 0.126. The van der Waals surface area contributed by atoms with Crippen molar-refractivity contribution in [3.63, 3.8) is 0 Å². The number of benzene rings is 2. The third-order valence-corrected chi connectivity index (χ3v) is 9.29. The van der Waals surface area contributed by atoms with Crippen LogP contribution in [0.1, 0.15) is 49.3 Å². The fraction of sp³-hybridized carbons (Fsp3) is 0.281. The summed E-state index contributed by atoms with van der Waals surface area (Å²) in [5.74, 6) is 0.330. The van der Waals surface area contributed by atoms with Gasteiger partial charge in [0.1, 0.15) is 11.8 Å². The lowest BCUT2D eigenvalue weighted by Gasteiger charge is -2.29. The second-order valence-electron chi connectivity index (χ2n) is 10.3. The molecule has 0 unspecified atom stereocenters. The Morgan fingerprint density at radius 1 is 1.11 bits per heavy atom. The van der Waals surface area contributed by atoms with Gasteiger partial charge in [-0.3, -0.25) is 24.3 Å². The molecule has 0 saturated heterocycles. The zero-order chi connectivity index (χ0) is 32.4. The van der Waals surface area contributed by atoms with Crippen molar-refractivity contribution in [3.05, 3.63) is 112 Å². The van der Waals surface area contributed by atoms with Crippen molar-refractivity contribution in [2.24, 2.45) is 4.99 Å². The smallest absolute Gasteiger partial charge is 0.283 e. The van der Waals surface area contributed by atoms with E-state index in [1.165, 1.54) is 10.6 Å². The van der Waals surface area contributed by atoms with Gasteiger partial charge in [0.2, 0.25) is 0 Å². The summed E-state index contributed by atoms with van der Waals surface area (Å²) in [6.07, 6.45) is 1.61. The number of hydrogen-bond donors (Lipinski definition) is 0. The Labute approximate surface area is 267 Å². The number of para-hydroxylation sites is 1. The maximum atomic E-state index is 14.1. The van der Waals surface area contributed by atoms with Crippen LogP contribution in [0.3, 0.4) is 0 Å². The molecule has 4 aromatic rings. The summed E-state index contributed by atoms with van der Waals surface area (Å²) in [4.78, 5) is 55.6. The number of likely N-dealkylation sites (N-methyl/N-ethyl adjacent to an activating group) is 1. The number of fused-ring (bicyclic) bond motifs is 1. The molecule has 3 heterocycles. The molecular weight excluding hydrogens is 613 g/mol. The van der Waals surface area contributed by atoms with Crippen molar-refractivity contribution in [2.45, 2.75) is 50.7 Å². The van der Waals surface area contributed by atoms with Crippen LogP contribution >= 0.6 is 23.1 Å².